The molecule has 0 aliphatic rings. The van der Waals surface area contributed by atoms with E-state index in [0.717, 1.165) is 22.8 Å². The molecule has 1 aromatic carbocycles. The molecule has 4 rings (SSSR count). The second-order valence-corrected chi connectivity index (χ2v) is 7.77. The van der Waals surface area contributed by atoms with Crippen LogP contribution >= 0.6 is 0 Å². The summed E-state index contributed by atoms with van der Waals surface area (Å²) in [5.41, 5.74) is 3.14. The van der Waals surface area contributed by atoms with E-state index in [1.54, 1.807) is 20.2 Å². The molecule has 3 aromatic heterocycles. The molecule has 8 nitrogen and oxygen atoms in total. The van der Waals surface area contributed by atoms with Gasteiger partial charge in [-0.25, -0.2) is 9.97 Å². The van der Waals surface area contributed by atoms with Gasteiger partial charge in [0.2, 0.25) is 0 Å². The Labute approximate surface area is 180 Å². The van der Waals surface area contributed by atoms with E-state index in [1.165, 1.54) is 0 Å². The quantitative estimate of drug-likeness (QED) is 0.509. The van der Waals surface area contributed by atoms with E-state index in [1.807, 2.05) is 62.0 Å². The molecule has 0 saturated carbocycles. The number of hydrogen-bond donors (Lipinski definition) is 1. The fourth-order valence-corrected chi connectivity index (χ4v) is 3.55. The van der Waals surface area contributed by atoms with Crippen molar-refractivity contribution in [3.05, 3.63) is 71.1 Å². The van der Waals surface area contributed by atoms with Crippen LogP contribution in [0.3, 0.4) is 0 Å². The Kier molecular flexibility index (Phi) is 5.46. The zero-order chi connectivity index (χ0) is 22.1. The zero-order valence-corrected chi connectivity index (χ0v) is 18.2. The average molecular weight is 419 g/mol. The average Bonchev–Trinajstić information content (AvgIpc) is 3.36. The molecule has 1 amide bonds. The molecule has 1 atom stereocenters. The molecule has 3 heterocycles. The number of carbonyl (C=O) groups is 1. The van der Waals surface area contributed by atoms with Crippen molar-refractivity contribution in [1.82, 2.24) is 25.0 Å². The number of methoxy groups -OCH3 is 1. The van der Waals surface area contributed by atoms with Crippen molar-refractivity contribution >= 4 is 17.0 Å². The van der Waals surface area contributed by atoms with E-state index in [9.17, 15) is 4.79 Å². The van der Waals surface area contributed by atoms with Crippen molar-refractivity contribution in [2.24, 2.45) is 7.05 Å². The largest absolute Gasteiger partial charge is 0.497 e. The summed E-state index contributed by atoms with van der Waals surface area (Å²) in [4.78, 5) is 22.5. The summed E-state index contributed by atoms with van der Waals surface area (Å²) >= 11 is 0. The predicted molar refractivity (Wildman–Crippen MR) is 116 cm³/mol. The van der Waals surface area contributed by atoms with E-state index in [4.69, 9.17) is 9.26 Å². The minimum atomic E-state index is -0.454. The molecule has 0 bridgehead atoms. The lowest BCUT2D eigenvalue weighted by Crippen LogP contribution is -2.31. The molecular formula is C23H25N5O3. The molecule has 0 aliphatic carbocycles. The first-order chi connectivity index (χ1) is 14.9. The summed E-state index contributed by atoms with van der Waals surface area (Å²) in [6.07, 6.45) is 3.56. The van der Waals surface area contributed by atoms with Crippen LogP contribution < -0.4 is 10.1 Å². The Morgan fingerprint density at radius 1 is 1.23 bits per heavy atom. The summed E-state index contributed by atoms with van der Waals surface area (Å²) in [7, 11) is 3.52. The van der Waals surface area contributed by atoms with Crippen LogP contribution in [-0.2, 0) is 7.05 Å². The molecular weight excluding hydrogens is 394 g/mol. The smallest absolute Gasteiger partial charge is 0.259 e. The third-order valence-corrected chi connectivity index (χ3v) is 5.31. The number of carbonyl (C=O) groups excluding carboxylic acids is 1. The van der Waals surface area contributed by atoms with Crippen LogP contribution in [0.4, 0.5) is 0 Å². The van der Waals surface area contributed by atoms with Crippen LogP contribution in [0.5, 0.6) is 5.75 Å². The van der Waals surface area contributed by atoms with Gasteiger partial charge in [0.1, 0.15) is 17.6 Å². The number of aromatic nitrogens is 4. The Hall–Kier alpha value is -3.68. The van der Waals surface area contributed by atoms with Crippen LogP contribution in [0.1, 0.15) is 58.9 Å². The Bertz CT molecular complexity index is 1220. The molecule has 8 heteroatoms. The van der Waals surface area contributed by atoms with Gasteiger partial charge in [0.05, 0.1) is 23.8 Å². The SMILES string of the molecule is COc1ccc(C(NC(=O)c2cc(C(C)C)nc3onc(C)c23)c2nccn2C)cc1. The van der Waals surface area contributed by atoms with Gasteiger partial charge >= 0.3 is 0 Å². The Balaban J connectivity index is 1.78. The van der Waals surface area contributed by atoms with Gasteiger partial charge in [0.25, 0.3) is 11.6 Å². The van der Waals surface area contributed by atoms with E-state index < -0.39 is 6.04 Å². The van der Waals surface area contributed by atoms with Crippen molar-refractivity contribution < 1.29 is 14.1 Å². The monoisotopic (exact) mass is 419 g/mol. The fraction of sp³-hybridized carbons (Fsp3) is 0.304. The molecule has 1 unspecified atom stereocenters. The van der Waals surface area contributed by atoms with Crippen molar-refractivity contribution in [2.75, 3.05) is 7.11 Å². The summed E-state index contributed by atoms with van der Waals surface area (Å²) in [5, 5.41) is 7.78. The number of ether oxygens (including phenoxy) is 1. The molecule has 0 spiro atoms. The van der Waals surface area contributed by atoms with Gasteiger partial charge in [0, 0.05) is 25.1 Å². The van der Waals surface area contributed by atoms with Gasteiger partial charge in [-0.15, -0.1) is 0 Å². The number of benzene rings is 1. The Morgan fingerprint density at radius 2 is 1.97 bits per heavy atom. The number of aryl methyl sites for hydroxylation is 2. The molecule has 0 radical (unpaired) electrons. The minimum absolute atomic E-state index is 0.133. The first kappa shape index (κ1) is 20.6. The van der Waals surface area contributed by atoms with Gasteiger partial charge in [0.15, 0.2) is 0 Å². The third-order valence-electron chi connectivity index (χ3n) is 5.31. The fourth-order valence-electron chi connectivity index (χ4n) is 3.55. The number of imidazole rings is 1. The first-order valence-corrected chi connectivity index (χ1v) is 10.1. The molecule has 0 fully saturated rings. The number of nitrogens with zero attached hydrogens (tertiary/aromatic N) is 4. The summed E-state index contributed by atoms with van der Waals surface area (Å²) in [6, 6.07) is 8.93. The Morgan fingerprint density at radius 3 is 2.58 bits per heavy atom. The van der Waals surface area contributed by atoms with Crippen LogP contribution in [0.15, 0.2) is 47.2 Å². The van der Waals surface area contributed by atoms with Gasteiger partial charge in [-0.3, -0.25) is 4.79 Å². The van der Waals surface area contributed by atoms with E-state index in [0.29, 0.717) is 22.4 Å². The highest BCUT2D eigenvalue weighted by molar-refractivity contribution is 6.06. The second-order valence-electron chi connectivity index (χ2n) is 7.77. The number of hydrogen-bond acceptors (Lipinski definition) is 6. The van der Waals surface area contributed by atoms with Crippen LogP contribution in [-0.4, -0.2) is 32.7 Å². The normalized spacial score (nSPS) is 12.3. The number of nitrogens with one attached hydrogen (secondary N) is 1. The zero-order valence-electron chi connectivity index (χ0n) is 18.2. The number of amides is 1. The van der Waals surface area contributed by atoms with Gasteiger partial charge in [-0.2, -0.15) is 0 Å². The molecule has 4 aromatic rings. The first-order valence-electron chi connectivity index (χ1n) is 10.1. The van der Waals surface area contributed by atoms with E-state index in [-0.39, 0.29) is 11.8 Å². The lowest BCUT2D eigenvalue weighted by molar-refractivity contribution is 0.0942. The maximum atomic E-state index is 13.5. The maximum Gasteiger partial charge on any atom is 0.259 e. The van der Waals surface area contributed by atoms with Crippen molar-refractivity contribution in [1.29, 1.82) is 0 Å². The second kappa shape index (κ2) is 8.22. The van der Waals surface area contributed by atoms with Gasteiger partial charge in [-0.1, -0.05) is 31.1 Å². The number of rotatable bonds is 6. The highest BCUT2D eigenvalue weighted by atomic mass is 16.5. The van der Waals surface area contributed by atoms with Crippen LogP contribution in [0, 0.1) is 6.92 Å². The molecule has 160 valence electrons. The van der Waals surface area contributed by atoms with Gasteiger partial charge in [-0.05, 0) is 36.6 Å². The van der Waals surface area contributed by atoms with Crippen molar-refractivity contribution in [2.45, 2.75) is 32.7 Å². The van der Waals surface area contributed by atoms with E-state index in [2.05, 4.69) is 20.4 Å². The van der Waals surface area contributed by atoms with Crippen LogP contribution in [0.25, 0.3) is 11.1 Å². The number of pyridine rings is 1. The van der Waals surface area contributed by atoms with E-state index >= 15 is 0 Å². The van der Waals surface area contributed by atoms with Crippen molar-refractivity contribution in [3.63, 3.8) is 0 Å². The lowest BCUT2D eigenvalue weighted by Gasteiger charge is -2.20. The lowest BCUT2D eigenvalue weighted by atomic mass is 10.0. The van der Waals surface area contributed by atoms with Crippen LogP contribution in [0.2, 0.25) is 0 Å². The molecule has 31 heavy (non-hydrogen) atoms. The standard InChI is InChI=1S/C23H25N5O3/c1-13(2)18-12-17(19-14(3)27-31-23(19)25-18)22(29)26-20(21-24-10-11-28(21)4)15-6-8-16(30-5)9-7-15/h6-13,20H,1-5H3,(H,26,29). The molecule has 0 aliphatic heterocycles. The summed E-state index contributed by atoms with van der Waals surface area (Å²) < 4.78 is 12.5. The topological polar surface area (TPSA) is 95.1 Å². The molecule has 0 saturated heterocycles. The highest BCUT2D eigenvalue weighted by Gasteiger charge is 2.25. The van der Waals surface area contributed by atoms with Crippen molar-refractivity contribution in [3.8, 4) is 5.75 Å². The molecule has 1 N–H and O–H groups in total. The predicted octanol–water partition coefficient (Wildman–Crippen LogP) is 3.92. The van der Waals surface area contributed by atoms with Gasteiger partial charge < -0.3 is 19.1 Å². The number of fused-ring (bicyclic) bond motifs is 1. The third kappa shape index (κ3) is 3.88. The summed E-state index contributed by atoms with van der Waals surface area (Å²) in [6.45, 7) is 5.85. The summed E-state index contributed by atoms with van der Waals surface area (Å²) in [5.74, 6) is 1.35. The highest BCUT2D eigenvalue weighted by Crippen LogP contribution is 2.27. The minimum Gasteiger partial charge on any atom is -0.497 e. The maximum absolute atomic E-state index is 13.5.